The number of nitrogens with one attached hydrogen (secondary N) is 1. The molecule has 0 saturated heterocycles. The van der Waals surface area contributed by atoms with Crippen molar-refractivity contribution in [2.24, 2.45) is 0 Å². The molecule has 0 aliphatic heterocycles. The summed E-state index contributed by atoms with van der Waals surface area (Å²) in [6.07, 6.45) is 0. The molecule has 2 rings (SSSR count). The van der Waals surface area contributed by atoms with Crippen LogP contribution in [-0.4, -0.2) is 13.5 Å². The van der Waals surface area contributed by atoms with Crippen LogP contribution < -0.4 is 4.72 Å². The van der Waals surface area contributed by atoms with E-state index < -0.39 is 15.8 Å². The fourth-order valence-electron chi connectivity index (χ4n) is 1.50. The van der Waals surface area contributed by atoms with E-state index in [1.54, 1.807) is 0 Å². The van der Waals surface area contributed by atoms with Crippen molar-refractivity contribution in [1.82, 2.24) is 0 Å². The van der Waals surface area contributed by atoms with Crippen LogP contribution in [0.4, 0.5) is 10.1 Å². The van der Waals surface area contributed by atoms with Crippen molar-refractivity contribution in [2.45, 2.75) is 18.6 Å². The van der Waals surface area contributed by atoms with Gasteiger partial charge in [0.25, 0.3) is 10.0 Å². The van der Waals surface area contributed by atoms with E-state index >= 15 is 0 Å². The average Bonchev–Trinajstić information content (AvgIpc) is 2.83. The van der Waals surface area contributed by atoms with Crippen molar-refractivity contribution in [3.63, 3.8) is 0 Å². The maximum Gasteiger partial charge on any atom is 0.295 e. The number of halogens is 1. The molecule has 0 aliphatic rings. The van der Waals surface area contributed by atoms with Crippen LogP contribution >= 0.6 is 0 Å². The second-order valence-corrected chi connectivity index (χ2v) is 5.56. The number of sulfonamides is 1. The topological polar surface area (TPSA) is 79.5 Å². The van der Waals surface area contributed by atoms with Crippen LogP contribution in [-0.2, 0) is 16.6 Å². The normalized spacial score (nSPS) is 11.5. The summed E-state index contributed by atoms with van der Waals surface area (Å²) in [5, 5.41) is 8.52. The Labute approximate surface area is 109 Å². The fourth-order valence-corrected chi connectivity index (χ4v) is 2.50. The molecular formula is C12H12FNO4S. The molecule has 1 aromatic carbocycles. The van der Waals surface area contributed by atoms with Gasteiger partial charge >= 0.3 is 0 Å². The van der Waals surface area contributed by atoms with E-state index in [0.717, 1.165) is 0 Å². The molecule has 0 saturated carbocycles. The zero-order valence-electron chi connectivity index (χ0n) is 10.1. The van der Waals surface area contributed by atoms with E-state index in [4.69, 9.17) is 9.52 Å². The summed E-state index contributed by atoms with van der Waals surface area (Å²) in [5.74, 6) is -0.265. The molecule has 1 aromatic heterocycles. The van der Waals surface area contributed by atoms with Crippen LogP contribution in [0.2, 0.25) is 0 Å². The van der Waals surface area contributed by atoms with Crippen molar-refractivity contribution in [3.05, 3.63) is 47.5 Å². The van der Waals surface area contributed by atoms with E-state index in [9.17, 15) is 12.8 Å². The lowest BCUT2D eigenvalue weighted by molar-refractivity contribution is 0.236. The largest absolute Gasteiger partial charge is 0.445 e. The van der Waals surface area contributed by atoms with Crippen LogP contribution in [0.15, 0.2) is 39.8 Å². The number of hydrogen-bond acceptors (Lipinski definition) is 4. The Kier molecular flexibility index (Phi) is 3.59. The molecule has 0 bridgehead atoms. The zero-order valence-corrected chi connectivity index (χ0v) is 10.9. The molecule has 0 fully saturated rings. The standard InChI is InChI=1S/C12H12FNO4S/c1-8-6-9(2-4-11(8)13)14-19(16,17)12-5-3-10(7-15)18-12/h2-6,14-15H,7H2,1H3. The van der Waals surface area contributed by atoms with Crippen molar-refractivity contribution < 1.29 is 22.3 Å². The molecule has 0 radical (unpaired) electrons. The lowest BCUT2D eigenvalue weighted by Gasteiger charge is -2.06. The van der Waals surface area contributed by atoms with Crippen molar-refractivity contribution in [3.8, 4) is 0 Å². The smallest absolute Gasteiger partial charge is 0.295 e. The first-order valence-electron chi connectivity index (χ1n) is 5.41. The average molecular weight is 285 g/mol. The van der Waals surface area contributed by atoms with Crippen LogP contribution in [0.5, 0.6) is 0 Å². The van der Waals surface area contributed by atoms with Gasteiger partial charge in [-0.05, 0) is 42.8 Å². The second-order valence-electron chi connectivity index (χ2n) is 3.95. The van der Waals surface area contributed by atoms with E-state index in [2.05, 4.69) is 4.72 Å². The highest BCUT2D eigenvalue weighted by molar-refractivity contribution is 7.92. The van der Waals surface area contributed by atoms with Gasteiger partial charge < -0.3 is 9.52 Å². The van der Waals surface area contributed by atoms with E-state index in [0.29, 0.717) is 5.56 Å². The predicted octanol–water partition coefficient (Wildman–Crippen LogP) is 2.02. The highest BCUT2D eigenvalue weighted by Crippen LogP contribution is 2.20. The molecule has 2 aromatic rings. The third-order valence-electron chi connectivity index (χ3n) is 2.47. The Balaban J connectivity index is 2.28. The number of aryl methyl sites for hydroxylation is 1. The first-order chi connectivity index (χ1) is 8.92. The lowest BCUT2D eigenvalue weighted by Crippen LogP contribution is -2.12. The quantitative estimate of drug-likeness (QED) is 0.900. The van der Waals surface area contributed by atoms with E-state index in [1.165, 1.54) is 37.3 Å². The van der Waals surface area contributed by atoms with Crippen LogP contribution in [0.3, 0.4) is 0 Å². The SMILES string of the molecule is Cc1cc(NS(=O)(=O)c2ccc(CO)o2)ccc1F. The van der Waals surface area contributed by atoms with Crippen LogP contribution in [0, 0.1) is 12.7 Å². The van der Waals surface area contributed by atoms with Crippen molar-refractivity contribution in [1.29, 1.82) is 0 Å². The van der Waals surface area contributed by atoms with Crippen LogP contribution in [0.1, 0.15) is 11.3 Å². The lowest BCUT2D eigenvalue weighted by atomic mass is 10.2. The minimum absolute atomic E-state index is 0.149. The Morgan fingerprint density at radius 3 is 2.63 bits per heavy atom. The van der Waals surface area contributed by atoms with Gasteiger partial charge in [-0.25, -0.2) is 4.39 Å². The number of aliphatic hydroxyl groups excluding tert-OH is 1. The monoisotopic (exact) mass is 285 g/mol. The summed E-state index contributed by atoms with van der Waals surface area (Å²) in [6.45, 7) is 1.15. The summed E-state index contributed by atoms with van der Waals surface area (Å²) < 4.78 is 44.2. The van der Waals surface area contributed by atoms with Gasteiger partial charge in [0.05, 0.1) is 0 Å². The van der Waals surface area contributed by atoms with Gasteiger partial charge in [0.1, 0.15) is 18.2 Å². The van der Waals surface area contributed by atoms with Gasteiger partial charge in [-0.15, -0.1) is 0 Å². The van der Waals surface area contributed by atoms with Gasteiger partial charge in [-0.3, -0.25) is 4.72 Å². The first kappa shape index (κ1) is 13.6. The Morgan fingerprint density at radius 2 is 2.05 bits per heavy atom. The van der Waals surface area contributed by atoms with Crippen molar-refractivity contribution >= 4 is 15.7 Å². The Hall–Kier alpha value is -1.86. The zero-order chi connectivity index (χ0) is 14.0. The highest BCUT2D eigenvalue weighted by Gasteiger charge is 2.19. The van der Waals surface area contributed by atoms with Gasteiger partial charge in [0.15, 0.2) is 0 Å². The molecule has 5 nitrogen and oxygen atoms in total. The highest BCUT2D eigenvalue weighted by atomic mass is 32.2. The van der Waals surface area contributed by atoms with Crippen LogP contribution in [0.25, 0.3) is 0 Å². The summed E-state index contributed by atoms with van der Waals surface area (Å²) in [5.41, 5.74) is 0.566. The first-order valence-corrected chi connectivity index (χ1v) is 6.89. The van der Waals surface area contributed by atoms with Gasteiger partial charge in [-0.1, -0.05) is 0 Å². The number of aliphatic hydroxyl groups is 1. The molecule has 0 spiro atoms. The molecule has 0 unspecified atom stereocenters. The third kappa shape index (κ3) is 2.94. The molecule has 1 heterocycles. The van der Waals surface area contributed by atoms with Gasteiger partial charge in [0.2, 0.25) is 5.09 Å². The summed E-state index contributed by atoms with van der Waals surface area (Å²) in [4.78, 5) is 0. The molecule has 0 amide bonds. The van der Waals surface area contributed by atoms with Crippen molar-refractivity contribution in [2.75, 3.05) is 4.72 Å². The maximum atomic E-state index is 13.1. The molecule has 19 heavy (non-hydrogen) atoms. The molecule has 0 atom stereocenters. The summed E-state index contributed by atoms with van der Waals surface area (Å²) in [6, 6.07) is 6.47. The molecule has 0 aliphatic carbocycles. The summed E-state index contributed by atoms with van der Waals surface area (Å²) >= 11 is 0. The molecule has 2 N–H and O–H groups in total. The minimum atomic E-state index is -3.88. The number of furan rings is 1. The second kappa shape index (κ2) is 5.02. The Morgan fingerprint density at radius 1 is 1.32 bits per heavy atom. The number of rotatable bonds is 4. The van der Waals surface area contributed by atoms with E-state index in [1.807, 2.05) is 0 Å². The van der Waals surface area contributed by atoms with Gasteiger partial charge in [0, 0.05) is 5.69 Å². The number of benzene rings is 1. The Bertz CT molecular complexity index is 694. The van der Waals surface area contributed by atoms with Gasteiger partial charge in [-0.2, -0.15) is 8.42 Å². The third-order valence-corrected chi connectivity index (χ3v) is 3.72. The fraction of sp³-hybridized carbons (Fsp3) is 0.167. The number of anilines is 1. The molecule has 7 heteroatoms. The minimum Gasteiger partial charge on any atom is -0.445 e. The van der Waals surface area contributed by atoms with E-state index in [-0.39, 0.29) is 23.1 Å². The summed E-state index contributed by atoms with van der Waals surface area (Å²) in [7, 11) is -3.88. The molecule has 102 valence electrons. The molecular weight excluding hydrogens is 273 g/mol. The predicted molar refractivity (Wildman–Crippen MR) is 66.6 cm³/mol. The number of hydrogen-bond donors (Lipinski definition) is 2. The maximum absolute atomic E-state index is 13.1.